The first-order valence-electron chi connectivity index (χ1n) is 10.9. The lowest BCUT2D eigenvalue weighted by atomic mass is 9.87. The van der Waals surface area contributed by atoms with Crippen LogP contribution in [0.5, 0.6) is 0 Å². The van der Waals surface area contributed by atoms with E-state index < -0.39 is 0 Å². The van der Waals surface area contributed by atoms with Crippen molar-refractivity contribution in [2.24, 2.45) is 0 Å². The zero-order valence-corrected chi connectivity index (χ0v) is 17.0. The number of amides is 2. The van der Waals surface area contributed by atoms with E-state index in [1.54, 1.807) is 0 Å². The highest BCUT2D eigenvalue weighted by molar-refractivity contribution is 5.74. The minimum absolute atomic E-state index is 0.0660. The average molecular weight is 394 g/mol. The Morgan fingerprint density at radius 1 is 1.29 bits per heavy atom. The number of aliphatic hydroxyl groups excluding tert-OH is 1. The number of urea groups is 1. The van der Waals surface area contributed by atoms with Crippen molar-refractivity contribution in [2.75, 3.05) is 13.2 Å². The predicted octanol–water partition coefficient (Wildman–Crippen LogP) is 2.33. The molecule has 158 valence electrons. The number of nitrogens with one attached hydrogen (secondary N) is 2. The number of carbonyl (C=O) groups is 1. The van der Waals surface area contributed by atoms with E-state index in [9.17, 15) is 9.90 Å². The largest absolute Gasteiger partial charge is 0.394 e. The van der Waals surface area contributed by atoms with Crippen molar-refractivity contribution in [3.63, 3.8) is 0 Å². The molecule has 3 atom stereocenters. The lowest BCUT2D eigenvalue weighted by molar-refractivity contribution is -0.0907. The van der Waals surface area contributed by atoms with Gasteiger partial charge >= 0.3 is 6.03 Å². The molecule has 1 aliphatic carbocycles. The van der Waals surface area contributed by atoms with Crippen molar-refractivity contribution in [1.82, 2.24) is 25.6 Å². The molecule has 3 rings (SSSR count). The fraction of sp³-hybridized carbons (Fsp3) is 0.850. The third kappa shape index (κ3) is 5.91. The van der Waals surface area contributed by atoms with Crippen LogP contribution >= 0.6 is 0 Å². The Kier molecular flexibility index (Phi) is 8.09. The molecule has 1 saturated carbocycles. The van der Waals surface area contributed by atoms with Crippen LogP contribution in [0.25, 0.3) is 0 Å². The Morgan fingerprint density at radius 2 is 2.11 bits per heavy atom. The molecule has 1 aliphatic heterocycles. The lowest BCUT2D eigenvalue weighted by Crippen LogP contribution is -2.53. The summed E-state index contributed by atoms with van der Waals surface area (Å²) in [5, 5.41) is 24.1. The van der Waals surface area contributed by atoms with Gasteiger partial charge in [0.15, 0.2) is 0 Å². The summed E-state index contributed by atoms with van der Waals surface area (Å²) in [6.45, 7) is 3.33. The van der Waals surface area contributed by atoms with Gasteiger partial charge in [0.05, 0.1) is 24.4 Å². The molecule has 0 unspecified atom stereocenters. The quantitative estimate of drug-likeness (QED) is 0.629. The molecular formula is C20H35N5O3. The Labute approximate surface area is 167 Å². The monoisotopic (exact) mass is 393 g/mol. The standard InChI is InChI=1S/C20H35N5O3/c1-2-11-21-20(27)22-17-9-8-16(28-19(17)14-26)10-12-25-13-18(23-24-25)15-6-4-3-5-7-15/h13,15-17,19,26H,2-12,14H2,1H3,(H2,21,22,27)/t16-,17-,19-/m0/s1. The second-order valence-corrected chi connectivity index (χ2v) is 8.09. The van der Waals surface area contributed by atoms with Gasteiger partial charge in [-0.05, 0) is 38.5 Å². The molecule has 2 aliphatic rings. The minimum atomic E-state index is -0.361. The van der Waals surface area contributed by atoms with Gasteiger partial charge in [0.2, 0.25) is 0 Å². The summed E-state index contributed by atoms with van der Waals surface area (Å²) < 4.78 is 7.96. The normalized spacial score (nSPS) is 26.1. The highest BCUT2D eigenvalue weighted by atomic mass is 16.5. The third-order valence-corrected chi connectivity index (χ3v) is 5.91. The fourth-order valence-electron chi connectivity index (χ4n) is 4.25. The Bertz CT molecular complexity index is 602. The first-order valence-corrected chi connectivity index (χ1v) is 10.9. The van der Waals surface area contributed by atoms with Gasteiger partial charge in [0.1, 0.15) is 6.10 Å². The summed E-state index contributed by atoms with van der Waals surface area (Å²) in [4.78, 5) is 11.9. The van der Waals surface area contributed by atoms with Gasteiger partial charge in [0, 0.05) is 25.2 Å². The number of hydrogen-bond donors (Lipinski definition) is 3. The first-order chi connectivity index (χ1) is 13.7. The van der Waals surface area contributed by atoms with Crippen molar-refractivity contribution in [1.29, 1.82) is 0 Å². The van der Waals surface area contributed by atoms with E-state index in [4.69, 9.17) is 4.74 Å². The van der Waals surface area contributed by atoms with Crippen LogP contribution < -0.4 is 10.6 Å². The molecule has 0 spiro atoms. The fourth-order valence-corrected chi connectivity index (χ4v) is 4.25. The number of rotatable bonds is 8. The number of ether oxygens (including phenoxy) is 1. The topological polar surface area (TPSA) is 101 Å². The molecule has 0 bridgehead atoms. The van der Waals surface area contributed by atoms with E-state index >= 15 is 0 Å². The van der Waals surface area contributed by atoms with E-state index in [1.165, 1.54) is 32.1 Å². The van der Waals surface area contributed by atoms with Crippen molar-refractivity contribution in [2.45, 2.75) is 95.4 Å². The van der Waals surface area contributed by atoms with E-state index in [2.05, 4.69) is 27.1 Å². The highest BCUT2D eigenvalue weighted by Crippen LogP contribution is 2.31. The second kappa shape index (κ2) is 10.8. The summed E-state index contributed by atoms with van der Waals surface area (Å²) in [5.41, 5.74) is 1.12. The molecule has 3 N–H and O–H groups in total. The minimum Gasteiger partial charge on any atom is -0.394 e. The van der Waals surface area contributed by atoms with Gasteiger partial charge in [0.25, 0.3) is 0 Å². The summed E-state index contributed by atoms with van der Waals surface area (Å²) in [7, 11) is 0. The van der Waals surface area contributed by atoms with Crippen LogP contribution in [0.3, 0.4) is 0 Å². The van der Waals surface area contributed by atoms with E-state index in [1.807, 2.05) is 11.6 Å². The molecule has 28 heavy (non-hydrogen) atoms. The van der Waals surface area contributed by atoms with E-state index in [0.717, 1.165) is 37.9 Å². The molecule has 8 heteroatoms. The zero-order valence-electron chi connectivity index (χ0n) is 17.0. The van der Waals surface area contributed by atoms with Crippen molar-refractivity contribution >= 4 is 6.03 Å². The summed E-state index contributed by atoms with van der Waals surface area (Å²) in [6.07, 6.45) is 11.6. The number of aryl methyl sites for hydroxylation is 1. The molecule has 1 saturated heterocycles. The predicted molar refractivity (Wildman–Crippen MR) is 106 cm³/mol. The summed E-state index contributed by atoms with van der Waals surface area (Å²) >= 11 is 0. The maximum atomic E-state index is 11.9. The van der Waals surface area contributed by atoms with Gasteiger partial charge in [-0.15, -0.1) is 5.10 Å². The zero-order chi connectivity index (χ0) is 19.8. The number of nitrogens with zero attached hydrogens (tertiary/aromatic N) is 3. The van der Waals surface area contributed by atoms with Gasteiger partial charge in [-0.3, -0.25) is 4.68 Å². The number of hydrogen-bond acceptors (Lipinski definition) is 5. The Morgan fingerprint density at radius 3 is 2.86 bits per heavy atom. The maximum Gasteiger partial charge on any atom is 0.315 e. The van der Waals surface area contributed by atoms with Crippen LogP contribution in [0.1, 0.15) is 76.3 Å². The molecule has 8 nitrogen and oxygen atoms in total. The third-order valence-electron chi connectivity index (χ3n) is 5.91. The van der Waals surface area contributed by atoms with Gasteiger partial charge in [-0.25, -0.2) is 4.79 Å². The van der Waals surface area contributed by atoms with Crippen LogP contribution in [-0.2, 0) is 11.3 Å². The number of carbonyl (C=O) groups excluding carboxylic acids is 1. The maximum absolute atomic E-state index is 11.9. The van der Waals surface area contributed by atoms with Crippen molar-refractivity contribution in [3.05, 3.63) is 11.9 Å². The van der Waals surface area contributed by atoms with Gasteiger partial charge in [-0.2, -0.15) is 0 Å². The molecule has 0 radical (unpaired) electrons. The summed E-state index contributed by atoms with van der Waals surface area (Å²) in [5.74, 6) is 0.567. The highest BCUT2D eigenvalue weighted by Gasteiger charge is 2.31. The molecule has 2 amide bonds. The first kappa shape index (κ1) is 21.0. The SMILES string of the molecule is CCCNC(=O)N[C@H]1CC[C@@H](CCn2cc(C3CCCCC3)nn2)O[C@H]1CO. The van der Waals surface area contributed by atoms with Crippen LogP contribution in [0.15, 0.2) is 6.20 Å². The van der Waals surface area contributed by atoms with E-state index in [0.29, 0.717) is 12.5 Å². The van der Waals surface area contributed by atoms with Gasteiger partial charge < -0.3 is 20.5 Å². The second-order valence-electron chi connectivity index (χ2n) is 8.09. The van der Waals surface area contributed by atoms with Gasteiger partial charge in [-0.1, -0.05) is 31.4 Å². The van der Waals surface area contributed by atoms with Crippen molar-refractivity contribution in [3.8, 4) is 0 Å². The molecule has 0 aromatic carbocycles. The molecule has 1 aromatic heterocycles. The molecule has 1 aromatic rings. The summed E-state index contributed by atoms with van der Waals surface area (Å²) in [6, 6.07) is -0.340. The molecule has 2 fully saturated rings. The Balaban J connectivity index is 1.43. The van der Waals surface area contributed by atoms with Crippen LogP contribution in [-0.4, -0.2) is 57.5 Å². The number of aromatic nitrogens is 3. The average Bonchev–Trinajstić information content (AvgIpc) is 3.21. The number of aliphatic hydroxyl groups is 1. The van der Waals surface area contributed by atoms with Crippen LogP contribution in [0.4, 0.5) is 4.79 Å². The smallest absolute Gasteiger partial charge is 0.315 e. The van der Waals surface area contributed by atoms with Crippen molar-refractivity contribution < 1.29 is 14.6 Å². The van der Waals surface area contributed by atoms with E-state index in [-0.39, 0.29) is 30.9 Å². The van der Waals surface area contributed by atoms with Crippen LogP contribution in [0, 0.1) is 0 Å². The van der Waals surface area contributed by atoms with Crippen LogP contribution in [0.2, 0.25) is 0 Å². The molecular weight excluding hydrogens is 358 g/mol. The lowest BCUT2D eigenvalue weighted by Gasteiger charge is -2.36. The Hall–Kier alpha value is -1.67. The molecule has 2 heterocycles.